The highest BCUT2D eigenvalue weighted by atomic mass is 16.8. The molecule has 0 aromatic carbocycles. The lowest BCUT2D eigenvalue weighted by Gasteiger charge is -2.71. The molecular weight excluding hydrogens is 1020 g/mol. The highest BCUT2D eigenvalue weighted by molar-refractivity contribution is 5.79. The van der Waals surface area contributed by atoms with Gasteiger partial charge in [0.1, 0.15) is 97.7 Å². The lowest BCUT2D eigenvalue weighted by atomic mass is 9.33. The normalized spacial score (nSPS) is 53.4. The number of rotatable bonds is 12. The largest absolute Gasteiger partial charge is 0.432 e. The molecular formula is C54H88O23. The summed E-state index contributed by atoms with van der Waals surface area (Å²) >= 11 is 0. The molecule has 0 radical (unpaired) electrons. The molecule has 4 saturated carbocycles. The number of allylic oxidation sites excluding steroid dienone is 2. The van der Waals surface area contributed by atoms with E-state index in [4.69, 9.17) is 37.9 Å². The van der Waals surface area contributed by atoms with Crippen molar-refractivity contribution in [2.24, 2.45) is 50.2 Å². The predicted molar refractivity (Wildman–Crippen MR) is 263 cm³/mol. The van der Waals surface area contributed by atoms with Crippen LogP contribution >= 0.6 is 0 Å². The maximum atomic E-state index is 15.1. The fourth-order valence-corrected chi connectivity index (χ4v) is 16.3. The standard InChI is InChI=1S/C54H88O23/c1-49(2)14-16-54(48(69)77-47-43(68)39(64)35(60)28(75-47)22-71-45-41(66)37(62)33(58)26(20-56)73-45)17-15-52(6)23(24(54)18-49)8-9-30-51(5)12-11-31(50(3,4)29(51)10-13-53(30,52)7)76-46-42(67)38(63)34(59)27(74-46)21-70-44-40(65)36(61)32(57)25(19-55)72-44/h8,24-47,55-68H,9-22H2,1-7H3/t24-,25-,26-,27-,28-,29+,30-,31+,32-,33-,34-,35-,36+,37+,38+,39+,40-,41-,42-,43-,44-,45-,46+,47+,51+,52-,53-,54+/m1/s1. The molecule has 4 aliphatic heterocycles. The third kappa shape index (κ3) is 10.00. The van der Waals surface area contributed by atoms with Crippen molar-refractivity contribution in [2.45, 2.75) is 242 Å². The molecule has 23 heteroatoms. The third-order valence-electron chi connectivity index (χ3n) is 21.4. The van der Waals surface area contributed by atoms with Gasteiger partial charge >= 0.3 is 5.97 Å². The summed E-state index contributed by atoms with van der Waals surface area (Å²) in [5.74, 6) is -0.449. The van der Waals surface area contributed by atoms with Crippen LogP contribution in [0.1, 0.15) is 113 Å². The Morgan fingerprint density at radius 3 is 1.53 bits per heavy atom. The second-order valence-corrected chi connectivity index (χ2v) is 26.4. The zero-order valence-electron chi connectivity index (χ0n) is 45.3. The molecule has 4 heterocycles. The summed E-state index contributed by atoms with van der Waals surface area (Å²) in [7, 11) is 0. The number of fused-ring (bicyclic) bond motifs is 7. The van der Waals surface area contributed by atoms with Crippen LogP contribution in [0.4, 0.5) is 0 Å². The maximum Gasteiger partial charge on any atom is 0.315 e. The summed E-state index contributed by atoms with van der Waals surface area (Å²) in [6, 6.07) is 0. The average Bonchev–Trinajstić information content (AvgIpc) is 3.49. The van der Waals surface area contributed by atoms with Gasteiger partial charge in [0.05, 0.1) is 37.9 Å². The van der Waals surface area contributed by atoms with Gasteiger partial charge in [-0.1, -0.05) is 60.1 Å². The molecule has 9 aliphatic rings. The second-order valence-electron chi connectivity index (χ2n) is 26.4. The number of aliphatic hydroxyl groups is 14. The van der Waals surface area contributed by atoms with Crippen LogP contribution in [0.25, 0.3) is 0 Å². The number of esters is 1. The predicted octanol–water partition coefficient (Wildman–Crippen LogP) is -2.04. The molecule has 0 spiro atoms. The quantitative estimate of drug-likeness (QED) is 0.0569. The number of hydrogen-bond donors (Lipinski definition) is 14. The zero-order valence-corrected chi connectivity index (χ0v) is 45.3. The van der Waals surface area contributed by atoms with Gasteiger partial charge in [0.25, 0.3) is 0 Å². The van der Waals surface area contributed by atoms with Crippen LogP contribution in [0.5, 0.6) is 0 Å². The van der Waals surface area contributed by atoms with Crippen molar-refractivity contribution in [2.75, 3.05) is 26.4 Å². The minimum absolute atomic E-state index is 0.133. The third-order valence-corrected chi connectivity index (χ3v) is 21.4. The molecule has 23 nitrogen and oxygen atoms in total. The van der Waals surface area contributed by atoms with Gasteiger partial charge in [0.2, 0.25) is 6.29 Å². The molecule has 77 heavy (non-hydrogen) atoms. The van der Waals surface area contributed by atoms with Crippen molar-refractivity contribution >= 4 is 5.97 Å². The number of carbonyl (C=O) groups is 1. The minimum Gasteiger partial charge on any atom is -0.432 e. The fourth-order valence-electron chi connectivity index (χ4n) is 16.3. The van der Waals surface area contributed by atoms with Gasteiger partial charge in [-0.25, -0.2) is 0 Å². The van der Waals surface area contributed by atoms with E-state index in [2.05, 4.69) is 54.5 Å². The first-order chi connectivity index (χ1) is 36.0. The highest BCUT2D eigenvalue weighted by Crippen LogP contribution is 2.76. The molecule has 0 aromatic rings. The van der Waals surface area contributed by atoms with E-state index in [9.17, 15) is 71.5 Å². The van der Waals surface area contributed by atoms with Crippen molar-refractivity contribution < 1.29 is 114 Å². The Kier molecular flexibility index (Phi) is 17.0. The van der Waals surface area contributed by atoms with Crippen LogP contribution in [0.15, 0.2) is 11.6 Å². The van der Waals surface area contributed by atoms with E-state index in [-0.39, 0.29) is 39.4 Å². The molecule has 28 atom stereocenters. The van der Waals surface area contributed by atoms with Gasteiger partial charge in [-0.15, -0.1) is 0 Å². The molecule has 442 valence electrons. The SMILES string of the molecule is CC1(C)CC[C@]2(C(=O)O[C@@H]3O[C@H](CO[C@@H]4O[C@H](CO)[C@@H](O)[C@H](O)[C@H]4O)[C@@H](O)[C@H](O)[C@H]3O)CC[C@]3(C)C(=CC[C@@H]4[C@@]5(C)CC[C@H](O[C@@H]6O[C@H](CO[C@@H]7O[C@H](CO)[C@@H](O)[C@H](O)[C@H]7O)[C@@H](O)[C@H](O)[C@H]6O)C(C)(C)[C@@H]5CC[C@]43C)[C@H]2C1. The van der Waals surface area contributed by atoms with E-state index in [1.165, 1.54) is 5.57 Å². The van der Waals surface area contributed by atoms with Gasteiger partial charge in [0, 0.05) is 0 Å². The van der Waals surface area contributed by atoms with Crippen molar-refractivity contribution in [1.82, 2.24) is 0 Å². The summed E-state index contributed by atoms with van der Waals surface area (Å²) in [6.07, 6.45) is -23.0. The average molecular weight is 1110 g/mol. The Morgan fingerprint density at radius 1 is 0.532 bits per heavy atom. The number of carbonyl (C=O) groups excluding carboxylic acids is 1. The van der Waals surface area contributed by atoms with Crippen molar-refractivity contribution in [3.8, 4) is 0 Å². The van der Waals surface area contributed by atoms with Gasteiger partial charge < -0.3 is 109 Å². The van der Waals surface area contributed by atoms with E-state index in [1.807, 2.05) is 0 Å². The Labute approximate surface area is 449 Å². The van der Waals surface area contributed by atoms with E-state index in [0.717, 1.165) is 32.1 Å². The molecule has 8 fully saturated rings. The number of hydrogen-bond acceptors (Lipinski definition) is 23. The Hall–Kier alpha value is -1.63. The van der Waals surface area contributed by atoms with Crippen molar-refractivity contribution in [1.29, 1.82) is 0 Å². The van der Waals surface area contributed by atoms with Crippen LogP contribution in [-0.2, 0) is 42.7 Å². The van der Waals surface area contributed by atoms with Gasteiger partial charge in [-0.3, -0.25) is 4.79 Å². The zero-order chi connectivity index (χ0) is 56.3. The highest BCUT2D eigenvalue weighted by Gasteiger charge is 2.70. The minimum atomic E-state index is -1.83. The Balaban J connectivity index is 0.897. The molecule has 4 saturated heterocycles. The van der Waals surface area contributed by atoms with E-state index in [1.54, 1.807) is 0 Å². The summed E-state index contributed by atoms with van der Waals surface area (Å²) < 4.78 is 47.0. The second kappa shape index (κ2) is 21.8. The van der Waals surface area contributed by atoms with Crippen molar-refractivity contribution in [3.05, 3.63) is 11.6 Å². The first-order valence-corrected chi connectivity index (χ1v) is 27.8. The summed E-state index contributed by atoms with van der Waals surface area (Å²) in [4.78, 5) is 15.1. The lowest BCUT2D eigenvalue weighted by Crippen LogP contribution is -2.66. The van der Waals surface area contributed by atoms with Gasteiger partial charge in [-0.2, -0.15) is 0 Å². The molecule has 0 aromatic heterocycles. The monoisotopic (exact) mass is 1100 g/mol. The summed E-state index contributed by atoms with van der Waals surface area (Å²) in [5, 5.41) is 148. The van der Waals surface area contributed by atoms with Gasteiger partial charge in [0.15, 0.2) is 18.9 Å². The fraction of sp³-hybridized carbons (Fsp3) is 0.944. The van der Waals surface area contributed by atoms with Crippen molar-refractivity contribution in [3.63, 3.8) is 0 Å². The number of aliphatic hydroxyl groups excluding tert-OH is 14. The van der Waals surface area contributed by atoms with Crippen LogP contribution in [0, 0.1) is 50.2 Å². The van der Waals surface area contributed by atoms with Crippen LogP contribution in [-0.4, -0.2) is 233 Å². The van der Waals surface area contributed by atoms with Crippen LogP contribution in [0.3, 0.4) is 0 Å². The number of ether oxygens (including phenoxy) is 8. The first kappa shape index (κ1) is 60.0. The lowest BCUT2D eigenvalue weighted by molar-refractivity contribution is -0.345. The Morgan fingerprint density at radius 2 is 1.00 bits per heavy atom. The molecule has 14 N–H and O–H groups in total. The maximum absolute atomic E-state index is 15.1. The van der Waals surface area contributed by atoms with Gasteiger partial charge in [-0.05, 0) is 109 Å². The topological polar surface area (TPSA) is 374 Å². The van der Waals surface area contributed by atoms with E-state index < -0.39 is 172 Å². The summed E-state index contributed by atoms with van der Waals surface area (Å²) in [5.41, 5.74) is -1.12. The smallest absolute Gasteiger partial charge is 0.315 e. The summed E-state index contributed by atoms with van der Waals surface area (Å²) in [6.45, 7) is 13.5. The van der Waals surface area contributed by atoms with Crippen LogP contribution < -0.4 is 0 Å². The molecule has 5 aliphatic carbocycles. The van der Waals surface area contributed by atoms with Crippen LogP contribution in [0.2, 0.25) is 0 Å². The Bertz CT molecular complexity index is 2110. The molecule has 0 bridgehead atoms. The molecule has 0 amide bonds. The van der Waals surface area contributed by atoms with E-state index in [0.29, 0.717) is 32.1 Å². The van der Waals surface area contributed by atoms with E-state index >= 15 is 4.79 Å². The molecule has 9 rings (SSSR count). The first-order valence-electron chi connectivity index (χ1n) is 27.8. The molecule has 0 unspecified atom stereocenters.